The van der Waals surface area contributed by atoms with E-state index in [1.807, 2.05) is 36.4 Å². The van der Waals surface area contributed by atoms with Crippen molar-refractivity contribution in [3.63, 3.8) is 0 Å². The smallest absolute Gasteiger partial charge is 0.223 e. The molecule has 3 N–H and O–H groups in total. The van der Waals surface area contributed by atoms with Crippen molar-refractivity contribution in [1.82, 2.24) is 5.32 Å². The molecule has 0 aromatic heterocycles. The highest BCUT2D eigenvalue weighted by molar-refractivity contribution is 5.85. The van der Waals surface area contributed by atoms with E-state index in [4.69, 9.17) is 15.2 Å². The van der Waals surface area contributed by atoms with Crippen LogP contribution in [-0.2, 0) is 11.2 Å². The number of methoxy groups -OCH3 is 2. The molecule has 5 nitrogen and oxygen atoms in total. The molecule has 29 heavy (non-hydrogen) atoms. The van der Waals surface area contributed by atoms with E-state index in [1.54, 1.807) is 14.2 Å². The average Bonchev–Trinajstić information content (AvgIpc) is 3.22. The first-order chi connectivity index (χ1) is 13.7. The second-order valence-corrected chi connectivity index (χ2v) is 7.40. The molecule has 3 rings (SSSR count). The van der Waals surface area contributed by atoms with Gasteiger partial charge in [-0.3, -0.25) is 4.79 Å². The third-order valence-corrected chi connectivity index (χ3v) is 5.70. The Bertz CT molecular complexity index is 785. The van der Waals surface area contributed by atoms with Gasteiger partial charge in [-0.05, 0) is 55.0 Å². The topological polar surface area (TPSA) is 73.6 Å². The van der Waals surface area contributed by atoms with Crippen molar-refractivity contribution in [1.29, 1.82) is 0 Å². The van der Waals surface area contributed by atoms with Crippen LogP contribution in [0.5, 0.6) is 11.5 Å². The maximum absolute atomic E-state index is 13.0. The predicted octanol–water partition coefficient (Wildman–Crippen LogP) is 3.90. The third kappa shape index (κ3) is 5.64. The Labute approximate surface area is 179 Å². The minimum Gasteiger partial charge on any atom is -0.493 e. The van der Waals surface area contributed by atoms with Crippen molar-refractivity contribution >= 4 is 18.3 Å². The van der Waals surface area contributed by atoms with Gasteiger partial charge in [-0.25, -0.2) is 0 Å². The van der Waals surface area contributed by atoms with Gasteiger partial charge in [0.15, 0.2) is 11.5 Å². The summed E-state index contributed by atoms with van der Waals surface area (Å²) in [5.41, 5.74) is 8.05. The van der Waals surface area contributed by atoms with Crippen LogP contribution in [0.3, 0.4) is 0 Å². The number of nitrogens with one attached hydrogen (secondary N) is 1. The van der Waals surface area contributed by atoms with Gasteiger partial charge in [0.2, 0.25) is 5.91 Å². The molecule has 1 aliphatic carbocycles. The summed E-state index contributed by atoms with van der Waals surface area (Å²) in [5.74, 6) is 1.81. The number of carbonyl (C=O) groups is 1. The summed E-state index contributed by atoms with van der Waals surface area (Å²) in [5, 5.41) is 3.29. The molecule has 0 aliphatic heterocycles. The Morgan fingerprint density at radius 1 is 1.10 bits per heavy atom. The van der Waals surface area contributed by atoms with Gasteiger partial charge in [0.1, 0.15) is 0 Å². The average molecular weight is 419 g/mol. The zero-order valence-corrected chi connectivity index (χ0v) is 17.9. The highest BCUT2D eigenvalue weighted by Gasteiger charge is 2.33. The van der Waals surface area contributed by atoms with Crippen molar-refractivity contribution in [2.24, 2.45) is 17.6 Å². The van der Waals surface area contributed by atoms with Gasteiger partial charge in [0.25, 0.3) is 0 Å². The van der Waals surface area contributed by atoms with Gasteiger partial charge >= 0.3 is 0 Å². The van der Waals surface area contributed by atoms with E-state index in [0.29, 0.717) is 24.5 Å². The lowest BCUT2D eigenvalue weighted by atomic mass is 9.93. The number of rotatable bonds is 8. The van der Waals surface area contributed by atoms with Gasteiger partial charge in [0.05, 0.1) is 20.3 Å². The van der Waals surface area contributed by atoms with Crippen molar-refractivity contribution in [3.8, 4) is 11.5 Å². The monoisotopic (exact) mass is 418 g/mol. The molecule has 1 unspecified atom stereocenters. The van der Waals surface area contributed by atoms with E-state index in [2.05, 4.69) is 17.4 Å². The molecule has 0 saturated heterocycles. The molecule has 2 aromatic rings. The molecule has 0 heterocycles. The molecule has 2 aromatic carbocycles. The molecule has 6 heteroatoms. The maximum atomic E-state index is 13.0. The quantitative estimate of drug-likeness (QED) is 0.681. The first kappa shape index (κ1) is 23.0. The van der Waals surface area contributed by atoms with Crippen LogP contribution in [0, 0.1) is 11.8 Å². The highest BCUT2D eigenvalue weighted by Crippen LogP contribution is 2.33. The van der Waals surface area contributed by atoms with Gasteiger partial charge in [0, 0.05) is 5.92 Å². The minimum atomic E-state index is -0.106. The summed E-state index contributed by atoms with van der Waals surface area (Å²) in [6.45, 7) is 0.573. The van der Waals surface area contributed by atoms with Crippen LogP contribution in [-0.4, -0.2) is 26.7 Å². The Morgan fingerprint density at radius 3 is 2.48 bits per heavy atom. The van der Waals surface area contributed by atoms with Crippen LogP contribution in [0.1, 0.15) is 36.4 Å². The summed E-state index contributed by atoms with van der Waals surface area (Å²) in [6, 6.07) is 15.9. The zero-order chi connectivity index (χ0) is 19.9. The van der Waals surface area contributed by atoms with E-state index in [9.17, 15) is 4.79 Å². The van der Waals surface area contributed by atoms with Crippen LogP contribution >= 0.6 is 12.4 Å². The highest BCUT2D eigenvalue weighted by atomic mass is 35.5. The number of hydrogen-bond donors (Lipinski definition) is 2. The third-order valence-electron chi connectivity index (χ3n) is 5.70. The number of halogens is 1. The normalized spacial score (nSPS) is 19.1. The molecule has 1 fully saturated rings. The molecule has 0 radical (unpaired) electrons. The maximum Gasteiger partial charge on any atom is 0.223 e. The fourth-order valence-electron chi connectivity index (χ4n) is 4.12. The summed E-state index contributed by atoms with van der Waals surface area (Å²) in [6.07, 6.45) is 3.72. The Kier molecular flexibility index (Phi) is 8.80. The van der Waals surface area contributed by atoms with E-state index >= 15 is 0 Å². The molecule has 3 atom stereocenters. The molecule has 0 spiro atoms. The van der Waals surface area contributed by atoms with Crippen molar-refractivity contribution in [2.75, 3.05) is 20.8 Å². The van der Waals surface area contributed by atoms with Crippen molar-refractivity contribution in [3.05, 3.63) is 59.7 Å². The molecule has 1 aliphatic rings. The fourth-order valence-corrected chi connectivity index (χ4v) is 4.12. The van der Waals surface area contributed by atoms with Gasteiger partial charge in [-0.1, -0.05) is 42.8 Å². The summed E-state index contributed by atoms with van der Waals surface area (Å²) < 4.78 is 10.8. The number of amides is 1. The first-order valence-corrected chi connectivity index (χ1v) is 9.92. The van der Waals surface area contributed by atoms with Crippen molar-refractivity contribution < 1.29 is 14.3 Å². The van der Waals surface area contributed by atoms with Crippen LogP contribution < -0.4 is 20.5 Å². The Balaban J connectivity index is 0.00000300. The van der Waals surface area contributed by atoms with Crippen LogP contribution in [0.15, 0.2) is 48.5 Å². The molecular weight excluding hydrogens is 388 g/mol. The van der Waals surface area contributed by atoms with Crippen LogP contribution in [0.2, 0.25) is 0 Å². The molecule has 1 amide bonds. The number of ether oxygens (including phenoxy) is 2. The van der Waals surface area contributed by atoms with E-state index in [-0.39, 0.29) is 36.2 Å². The van der Waals surface area contributed by atoms with Crippen LogP contribution in [0.25, 0.3) is 0 Å². The number of nitrogens with two attached hydrogens (primary N) is 1. The van der Waals surface area contributed by atoms with Crippen molar-refractivity contribution in [2.45, 2.75) is 31.7 Å². The minimum absolute atomic E-state index is 0. The zero-order valence-electron chi connectivity index (χ0n) is 17.1. The lowest BCUT2D eigenvalue weighted by molar-refractivity contribution is -0.126. The first-order valence-electron chi connectivity index (χ1n) is 9.92. The molecule has 158 valence electrons. The summed E-state index contributed by atoms with van der Waals surface area (Å²) in [4.78, 5) is 13.0. The van der Waals surface area contributed by atoms with Crippen LogP contribution in [0.4, 0.5) is 0 Å². The van der Waals surface area contributed by atoms with E-state index in [0.717, 1.165) is 30.4 Å². The summed E-state index contributed by atoms with van der Waals surface area (Å²) in [7, 11) is 3.26. The van der Waals surface area contributed by atoms with E-state index in [1.165, 1.54) is 0 Å². The second kappa shape index (κ2) is 11.1. The number of benzene rings is 2. The second-order valence-electron chi connectivity index (χ2n) is 7.40. The number of hydrogen-bond acceptors (Lipinski definition) is 4. The SMILES string of the molecule is COc1ccc(CC(NC(=O)[C@@H]2CCC[C@@H]2CN)c2ccccc2)cc1OC.Cl. The number of carbonyl (C=O) groups excluding carboxylic acids is 1. The lowest BCUT2D eigenvalue weighted by Gasteiger charge is -2.24. The fraction of sp³-hybridized carbons (Fsp3) is 0.435. The largest absolute Gasteiger partial charge is 0.493 e. The van der Waals surface area contributed by atoms with Gasteiger partial charge in [-0.15, -0.1) is 12.4 Å². The predicted molar refractivity (Wildman–Crippen MR) is 118 cm³/mol. The van der Waals surface area contributed by atoms with E-state index < -0.39 is 0 Å². The lowest BCUT2D eigenvalue weighted by Crippen LogP contribution is -2.38. The molecular formula is C23H31ClN2O3. The Hall–Kier alpha value is -2.24. The standard InChI is InChI=1S/C23H30N2O3.ClH/c1-27-21-12-11-16(14-22(21)28-2)13-20(17-7-4-3-5-8-17)25-23(26)19-10-6-9-18(19)15-24;/h3-5,7-8,11-12,14,18-20H,6,9-10,13,15,24H2,1-2H3,(H,25,26);1H/t18-,19-,20?;/m1./s1. The summed E-state index contributed by atoms with van der Waals surface area (Å²) >= 11 is 0. The Morgan fingerprint density at radius 2 is 1.83 bits per heavy atom. The molecule has 0 bridgehead atoms. The van der Waals surface area contributed by atoms with Gasteiger partial charge < -0.3 is 20.5 Å². The van der Waals surface area contributed by atoms with Gasteiger partial charge in [-0.2, -0.15) is 0 Å². The molecule has 1 saturated carbocycles.